The third-order valence-electron chi connectivity index (χ3n) is 1.35. The third kappa shape index (κ3) is 1.95. The highest BCUT2D eigenvalue weighted by Crippen LogP contribution is 2.31. The average molecular weight is 267 g/mol. The Hall–Kier alpha value is -0.730. The van der Waals surface area contributed by atoms with E-state index in [1.54, 1.807) is 6.07 Å². The summed E-state index contributed by atoms with van der Waals surface area (Å²) >= 11 is 8.51. The van der Waals surface area contributed by atoms with E-state index in [4.69, 9.17) is 16.9 Å². The monoisotopic (exact) mass is 266 g/mol. The molecule has 0 radical (unpaired) electrons. The summed E-state index contributed by atoms with van der Waals surface area (Å²) in [4.78, 5) is 3.56. The van der Waals surface area contributed by atoms with Crippen molar-refractivity contribution in [2.45, 2.75) is 6.43 Å². The first-order valence-corrected chi connectivity index (χ1v) is 4.27. The molecule has 0 aliphatic rings. The summed E-state index contributed by atoms with van der Waals surface area (Å²) in [7, 11) is 0. The Labute approximate surface area is 86.3 Å². The Kier molecular flexibility index (Phi) is 3.17. The molecule has 0 saturated heterocycles. The van der Waals surface area contributed by atoms with Crippen molar-refractivity contribution < 1.29 is 8.78 Å². The summed E-state index contributed by atoms with van der Waals surface area (Å²) in [6.45, 7) is 0. The van der Waals surface area contributed by atoms with Gasteiger partial charge in [0.05, 0.1) is 16.1 Å². The molecule has 0 N–H and O–H groups in total. The van der Waals surface area contributed by atoms with Gasteiger partial charge >= 0.3 is 0 Å². The van der Waals surface area contributed by atoms with Crippen LogP contribution in [-0.2, 0) is 0 Å². The number of nitriles is 1. The molecule has 0 aliphatic carbocycles. The fraction of sp³-hybridized carbons (Fsp3) is 0.143. The molecule has 68 valence electrons. The molecule has 0 aliphatic heterocycles. The van der Waals surface area contributed by atoms with Crippen molar-refractivity contribution in [2.24, 2.45) is 0 Å². The maximum atomic E-state index is 12.3. The predicted octanol–water partition coefficient (Wildman–Crippen LogP) is 3.31. The van der Waals surface area contributed by atoms with Gasteiger partial charge in [0.1, 0.15) is 10.7 Å². The molecule has 13 heavy (non-hydrogen) atoms. The molecular formula is C7H2BrClF2N2. The van der Waals surface area contributed by atoms with Gasteiger partial charge in [-0.05, 0) is 15.9 Å². The van der Waals surface area contributed by atoms with Crippen molar-refractivity contribution >= 4 is 27.5 Å². The summed E-state index contributed by atoms with van der Waals surface area (Å²) in [5, 5.41) is 8.47. The second kappa shape index (κ2) is 3.99. The Morgan fingerprint density at radius 2 is 2.23 bits per heavy atom. The minimum Gasteiger partial charge on any atom is -0.247 e. The summed E-state index contributed by atoms with van der Waals surface area (Å²) in [6, 6.07) is 1.60. The number of nitrogens with zero attached hydrogens (tertiary/aromatic N) is 2. The van der Waals surface area contributed by atoms with Gasteiger partial charge in [-0.25, -0.2) is 13.8 Å². The van der Waals surface area contributed by atoms with Crippen LogP contribution in [0.25, 0.3) is 0 Å². The maximum Gasteiger partial charge on any atom is 0.266 e. The van der Waals surface area contributed by atoms with Gasteiger partial charge in [-0.1, -0.05) is 11.6 Å². The molecular weight excluding hydrogens is 265 g/mol. The molecule has 1 heterocycles. The largest absolute Gasteiger partial charge is 0.266 e. The summed E-state index contributed by atoms with van der Waals surface area (Å²) in [5.74, 6) is 0. The molecule has 2 nitrogen and oxygen atoms in total. The fourth-order valence-corrected chi connectivity index (χ4v) is 1.26. The summed E-state index contributed by atoms with van der Waals surface area (Å²) in [6.07, 6.45) is -1.81. The van der Waals surface area contributed by atoms with Gasteiger partial charge in [0.2, 0.25) is 0 Å². The number of hydrogen-bond acceptors (Lipinski definition) is 2. The van der Waals surface area contributed by atoms with E-state index in [2.05, 4.69) is 20.9 Å². The predicted molar refractivity (Wildman–Crippen MR) is 46.6 cm³/mol. The van der Waals surface area contributed by atoms with E-state index >= 15 is 0 Å². The molecule has 1 aromatic heterocycles. The molecule has 0 amide bonds. The number of aromatic nitrogens is 1. The zero-order valence-electron chi connectivity index (χ0n) is 6.06. The molecule has 0 saturated carbocycles. The van der Waals surface area contributed by atoms with Crippen molar-refractivity contribution in [3.8, 4) is 6.07 Å². The zero-order valence-corrected chi connectivity index (χ0v) is 8.40. The van der Waals surface area contributed by atoms with Crippen LogP contribution in [0.4, 0.5) is 8.78 Å². The van der Waals surface area contributed by atoms with Crippen LogP contribution >= 0.6 is 27.5 Å². The molecule has 1 aromatic rings. The van der Waals surface area contributed by atoms with Crippen LogP contribution in [0.5, 0.6) is 0 Å². The van der Waals surface area contributed by atoms with Crippen LogP contribution in [0.3, 0.4) is 0 Å². The van der Waals surface area contributed by atoms with Gasteiger partial charge in [-0.3, -0.25) is 0 Å². The smallest absolute Gasteiger partial charge is 0.247 e. The van der Waals surface area contributed by atoms with E-state index in [1.165, 1.54) is 0 Å². The van der Waals surface area contributed by atoms with Crippen molar-refractivity contribution in [3.63, 3.8) is 0 Å². The van der Waals surface area contributed by atoms with E-state index in [9.17, 15) is 8.78 Å². The van der Waals surface area contributed by atoms with E-state index in [1.807, 2.05) is 0 Å². The van der Waals surface area contributed by atoms with Crippen LogP contribution in [0.2, 0.25) is 5.02 Å². The van der Waals surface area contributed by atoms with Crippen molar-refractivity contribution in [2.75, 3.05) is 0 Å². The third-order valence-corrected chi connectivity index (χ3v) is 2.55. The Bertz CT molecular complexity index is 375. The van der Waals surface area contributed by atoms with Crippen LogP contribution in [0.15, 0.2) is 10.8 Å². The Morgan fingerprint density at radius 3 is 2.69 bits per heavy atom. The molecule has 0 atom stereocenters. The lowest BCUT2D eigenvalue weighted by Gasteiger charge is -2.04. The molecule has 0 aromatic carbocycles. The second-order valence-electron chi connectivity index (χ2n) is 2.11. The van der Waals surface area contributed by atoms with Crippen molar-refractivity contribution in [1.82, 2.24) is 4.98 Å². The highest BCUT2D eigenvalue weighted by molar-refractivity contribution is 9.10. The SMILES string of the molecule is N#Cc1c(C(F)F)cnc(Br)c1Cl. The second-order valence-corrected chi connectivity index (χ2v) is 3.23. The van der Waals surface area contributed by atoms with Gasteiger partial charge in [0.25, 0.3) is 6.43 Å². The topological polar surface area (TPSA) is 36.7 Å². The van der Waals surface area contributed by atoms with Gasteiger partial charge in [0, 0.05) is 6.20 Å². The van der Waals surface area contributed by atoms with Gasteiger partial charge in [-0.15, -0.1) is 0 Å². The number of pyridine rings is 1. The van der Waals surface area contributed by atoms with Crippen molar-refractivity contribution in [1.29, 1.82) is 5.26 Å². The van der Waals surface area contributed by atoms with E-state index in [-0.39, 0.29) is 15.2 Å². The van der Waals surface area contributed by atoms with Crippen LogP contribution in [-0.4, -0.2) is 4.98 Å². The standard InChI is InChI=1S/C7H2BrClF2N2/c8-6-5(9)3(1-12)4(2-13-6)7(10)11/h2,7H. The molecule has 0 fully saturated rings. The first-order valence-electron chi connectivity index (χ1n) is 3.10. The van der Waals surface area contributed by atoms with Crippen LogP contribution in [0.1, 0.15) is 17.6 Å². The lowest BCUT2D eigenvalue weighted by Crippen LogP contribution is -1.94. The van der Waals surface area contributed by atoms with Crippen LogP contribution in [0, 0.1) is 11.3 Å². The lowest BCUT2D eigenvalue weighted by molar-refractivity contribution is 0.150. The number of alkyl halides is 2. The first kappa shape index (κ1) is 10.4. The minimum absolute atomic E-state index is 0.0831. The first-order chi connectivity index (χ1) is 6.07. The quantitative estimate of drug-likeness (QED) is 0.732. The van der Waals surface area contributed by atoms with E-state index in [0.717, 1.165) is 6.20 Å². The maximum absolute atomic E-state index is 12.3. The number of rotatable bonds is 1. The number of halogens is 4. The summed E-state index contributed by atoms with van der Waals surface area (Å²) in [5.41, 5.74) is -0.686. The summed E-state index contributed by atoms with van der Waals surface area (Å²) < 4.78 is 24.7. The Morgan fingerprint density at radius 1 is 1.62 bits per heavy atom. The normalized spacial score (nSPS) is 10.2. The van der Waals surface area contributed by atoms with E-state index < -0.39 is 12.0 Å². The molecule has 1 rings (SSSR count). The highest BCUT2D eigenvalue weighted by Gasteiger charge is 2.18. The number of hydrogen-bond donors (Lipinski definition) is 0. The zero-order chi connectivity index (χ0) is 10.0. The Balaban J connectivity index is 3.41. The van der Waals surface area contributed by atoms with Gasteiger partial charge in [-0.2, -0.15) is 5.26 Å². The molecule has 0 bridgehead atoms. The lowest BCUT2D eigenvalue weighted by atomic mass is 10.2. The van der Waals surface area contributed by atoms with Crippen molar-refractivity contribution in [3.05, 3.63) is 26.9 Å². The van der Waals surface area contributed by atoms with Gasteiger partial charge < -0.3 is 0 Å². The van der Waals surface area contributed by atoms with Crippen LogP contribution < -0.4 is 0 Å². The average Bonchev–Trinajstić information content (AvgIpc) is 2.09. The molecule has 6 heteroatoms. The highest BCUT2D eigenvalue weighted by atomic mass is 79.9. The van der Waals surface area contributed by atoms with Gasteiger partial charge in [0.15, 0.2) is 0 Å². The molecule has 0 unspecified atom stereocenters. The van der Waals surface area contributed by atoms with E-state index in [0.29, 0.717) is 0 Å². The minimum atomic E-state index is -2.74. The molecule has 0 spiro atoms. The fourth-order valence-electron chi connectivity index (χ4n) is 0.756.